The SMILES string of the molecule is NC(CCCc1c(F)ccc(Br)c1F)C1CC1. The van der Waals surface area contributed by atoms with Gasteiger partial charge in [-0.05, 0) is 66.1 Å². The highest BCUT2D eigenvalue weighted by Crippen LogP contribution is 2.33. The Morgan fingerprint density at radius 3 is 2.71 bits per heavy atom. The first-order valence-corrected chi connectivity index (χ1v) is 6.77. The summed E-state index contributed by atoms with van der Waals surface area (Å²) in [5.74, 6) is -0.303. The number of hydrogen-bond donors (Lipinski definition) is 1. The smallest absolute Gasteiger partial charge is 0.143 e. The summed E-state index contributed by atoms with van der Waals surface area (Å²) in [6.07, 6.45) is 4.41. The largest absolute Gasteiger partial charge is 0.327 e. The van der Waals surface area contributed by atoms with Crippen LogP contribution in [0, 0.1) is 17.6 Å². The van der Waals surface area contributed by atoms with Gasteiger partial charge in [0.15, 0.2) is 0 Å². The van der Waals surface area contributed by atoms with Gasteiger partial charge in [0.25, 0.3) is 0 Å². The number of benzene rings is 1. The molecule has 1 fully saturated rings. The van der Waals surface area contributed by atoms with E-state index >= 15 is 0 Å². The van der Waals surface area contributed by atoms with Gasteiger partial charge >= 0.3 is 0 Å². The summed E-state index contributed by atoms with van der Waals surface area (Å²) >= 11 is 3.07. The van der Waals surface area contributed by atoms with Crippen LogP contribution in [-0.4, -0.2) is 6.04 Å². The quantitative estimate of drug-likeness (QED) is 0.823. The molecular weight excluding hydrogens is 288 g/mol. The van der Waals surface area contributed by atoms with Gasteiger partial charge in [0.1, 0.15) is 11.6 Å². The van der Waals surface area contributed by atoms with Crippen LogP contribution < -0.4 is 5.73 Å². The zero-order valence-electron chi connectivity index (χ0n) is 9.56. The highest BCUT2D eigenvalue weighted by molar-refractivity contribution is 9.10. The third-order valence-electron chi connectivity index (χ3n) is 3.33. The molecule has 17 heavy (non-hydrogen) atoms. The monoisotopic (exact) mass is 303 g/mol. The fraction of sp³-hybridized carbons (Fsp3) is 0.538. The maximum atomic E-state index is 13.6. The van der Waals surface area contributed by atoms with Crippen LogP contribution in [0.3, 0.4) is 0 Å². The fourth-order valence-electron chi connectivity index (χ4n) is 2.07. The van der Waals surface area contributed by atoms with Crippen molar-refractivity contribution in [2.75, 3.05) is 0 Å². The molecule has 0 heterocycles. The lowest BCUT2D eigenvalue weighted by Gasteiger charge is -2.10. The van der Waals surface area contributed by atoms with E-state index in [4.69, 9.17) is 5.73 Å². The lowest BCUT2D eigenvalue weighted by atomic mass is 10.0. The van der Waals surface area contributed by atoms with Crippen LogP contribution in [0.5, 0.6) is 0 Å². The van der Waals surface area contributed by atoms with E-state index in [0.717, 1.165) is 12.8 Å². The number of nitrogens with two attached hydrogens (primary N) is 1. The van der Waals surface area contributed by atoms with Gasteiger partial charge < -0.3 is 5.73 Å². The van der Waals surface area contributed by atoms with Crippen molar-refractivity contribution in [3.05, 3.63) is 33.8 Å². The fourth-order valence-corrected chi connectivity index (χ4v) is 2.44. The second-order valence-electron chi connectivity index (χ2n) is 4.72. The summed E-state index contributed by atoms with van der Waals surface area (Å²) < 4.78 is 27.4. The first-order valence-electron chi connectivity index (χ1n) is 5.97. The predicted molar refractivity (Wildman–Crippen MR) is 67.7 cm³/mol. The van der Waals surface area contributed by atoms with E-state index in [1.807, 2.05) is 0 Å². The van der Waals surface area contributed by atoms with Crippen LogP contribution >= 0.6 is 15.9 Å². The summed E-state index contributed by atoms with van der Waals surface area (Å²) in [5.41, 5.74) is 6.12. The summed E-state index contributed by atoms with van der Waals surface area (Å²) in [6, 6.07) is 2.89. The molecule has 1 saturated carbocycles. The average Bonchev–Trinajstić information content (AvgIpc) is 3.12. The molecule has 1 aliphatic rings. The van der Waals surface area contributed by atoms with E-state index in [1.165, 1.54) is 25.0 Å². The number of rotatable bonds is 5. The van der Waals surface area contributed by atoms with Crippen molar-refractivity contribution in [3.63, 3.8) is 0 Å². The summed E-state index contributed by atoms with van der Waals surface area (Å²) in [5, 5.41) is 0. The molecule has 2 rings (SSSR count). The van der Waals surface area contributed by atoms with E-state index in [-0.39, 0.29) is 11.6 Å². The van der Waals surface area contributed by atoms with E-state index in [0.29, 0.717) is 16.8 Å². The maximum Gasteiger partial charge on any atom is 0.143 e. The second kappa shape index (κ2) is 5.44. The summed E-state index contributed by atoms with van der Waals surface area (Å²) in [7, 11) is 0. The third-order valence-corrected chi connectivity index (χ3v) is 3.94. The molecule has 0 spiro atoms. The molecule has 0 aliphatic heterocycles. The Balaban J connectivity index is 1.91. The Morgan fingerprint density at radius 2 is 2.06 bits per heavy atom. The molecule has 4 heteroatoms. The Morgan fingerprint density at radius 1 is 1.35 bits per heavy atom. The van der Waals surface area contributed by atoms with Crippen molar-refractivity contribution < 1.29 is 8.78 Å². The lowest BCUT2D eigenvalue weighted by Crippen LogP contribution is -2.22. The highest BCUT2D eigenvalue weighted by Gasteiger charge is 2.27. The summed E-state index contributed by atoms with van der Waals surface area (Å²) in [6.45, 7) is 0. The van der Waals surface area contributed by atoms with Crippen molar-refractivity contribution in [2.24, 2.45) is 11.7 Å². The lowest BCUT2D eigenvalue weighted by molar-refractivity contribution is 0.505. The molecule has 0 aromatic heterocycles. The van der Waals surface area contributed by atoms with Gasteiger partial charge in [-0.2, -0.15) is 0 Å². The van der Waals surface area contributed by atoms with Crippen LogP contribution in [0.15, 0.2) is 16.6 Å². The Kier molecular flexibility index (Phi) is 4.15. The van der Waals surface area contributed by atoms with Crippen LogP contribution in [0.1, 0.15) is 31.2 Å². The number of hydrogen-bond acceptors (Lipinski definition) is 1. The van der Waals surface area contributed by atoms with Crippen molar-refractivity contribution in [2.45, 2.75) is 38.1 Å². The van der Waals surface area contributed by atoms with E-state index in [1.54, 1.807) is 0 Å². The normalized spacial score (nSPS) is 17.2. The zero-order valence-corrected chi connectivity index (χ0v) is 11.1. The molecule has 94 valence electrons. The molecule has 0 radical (unpaired) electrons. The molecule has 1 atom stereocenters. The van der Waals surface area contributed by atoms with Gasteiger partial charge in [-0.15, -0.1) is 0 Å². The van der Waals surface area contributed by atoms with Crippen LogP contribution in [0.25, 0.3) is 0 Å². The molecule has 0 bridgehead atoms. The first-order chi connectivity index (χ1) is 8.09. The first kappa shape index (κ1) is 13.0. The van der Waals surface area contributed by atoms with Crippen LogP contribution in [-0.2, 0) is 6.42 Å². The van der Waals surface area contributed by atoms with E-state index < -0.39 is 11.6 Å². The van der Waals surface area contributed by atoms with Crippen LogP contribution in [0.2, 0.25) is 0 Å². The molecule has 1 aliphatic carbocycles. The minimum absolute atomic E-state index is 0.169. The minimum Gasteiger partial charge on any atom is -0.327 e. The summed E-state index contributed by atoms with van der Waals surface area (Å²) in [4.78, 5) is 0. The molecule has 0 amide bonds. The van der Waals surface area contributed by atoms with Crippen molar-refractivity contribution in [1.82, 2.24) is 0 Å². The Bertz CT molecular complexity index is 405. The van der Waals surface area contributed by atoms with Crippen molar-refractivity contribution >= 4 is 15.9 Å². The number of halogens is 3. The van der Waals surface area contributed by atoms with Gasteiger partial charge in [-0.1, -0.05) is 0 Å². The Labute approximate surface area is 109 Å². The zero-order chi connectivity index (χ0) is 12.4. The van der Waals surface area contributed by atoms with Gasteiger partial charge in [0, 0.05) is 11.6 Å². The van der Waals surface area contributed by atoms with Gasteiger partial charge in [0.05, 0.1) is 4.47 Å². The minimum atomic E-state index is -0.481. The highest BCUT2D eigenvalue weighted by atomic mass is 79.9. The van der Waals surface area contributed by atoms with E-state index in [9.17, 15) is 8.78 Å². The Hall–Kier alpha value is -0.480. The topological polar surface area (TPSA) is 26.0 Å². The van der Waals surface area contributed by atoms with Crippen molar-refractivity contribution in [1.29, 1.82) is 0 Å². The standard InChI is InChI=1S/C13H16BrF2N/c14-10-6-7-11(15)9(13(10)16)2-1-3-12(17)8-4-5-8/h6-8,12H,1-5,17H2. The maximum absolute atomic E-state index is 13.6. The molecular formula is C13H16BrF2N. The van der Waals surface area contributed by atoms with Crippen molar-refractivity contribution in [3.8, 4) is 0 Å². The molecule has 1 aromatic rings. The van der Waals surface area contributed by atoms with Crippen LogP contribution in [0.4, 0.5) is 8.78 Å². The van der Waals surface area contributed by atoms with Gasteiger partial charge in [0.2, 0.25) is 0 Å². The van der Waals surface area contributed by atoms with Gasteiger partial charge in [-0.25, -0.2) is 8.78 Å². The second-order valence-corrected chi connectivity index (χ2v) is 5.57. The molecule has 1 aromatic carbocycles. The molecule has 2 N–H and O–H groups in total. The molecule has 1 nitrogen and oxygen atoms in total. The molecule has 0 saturated heterocycles. The van der Waals surface area contributed by atoms with E-state index in [2.05, 4.69) is 15.9 Å². The average molecular weight is 304 g/mol. The molecule has 1 unspecified atom stereocenters. The predicted octanol–water partition coefficient (Wildman–Crippen LogP) is 3.79. The third kappa shape index (κ3) is 3.26. The van der Waals surface area contributed by atoms with Gasteiger partial charge in [-0.3, -0.25) is 0 Å².